The molecule has 0 bridgehead atoms. The van der Waals surface area contributed by atoms with Crippen molar-refractivity contribution in [2.24, 2.45) is 0 Å². The summed E-state index contributed by atoms with van der Waals surface area (Å²) >= 11 is 0. The van der Waals surface area contributed by atoms with Crippen molar-refractivity contribution in [2.45, 2.75) is 31.5 Å². The Bertz CT molecular complexity index is 1210. The van der Waals surface area contributed by atoms with Gasteiger partial charge in [-0.2, -0.15) is 4.31 Å². The second kappa shape index (κ2) is 8.86. The van der Waals surface area contributed by atoms with Crippen LogP contribution in [0.4, 0.5) is 0 Å². The molecule has 31 heavy (non-hydrogen) atoms. The van der Waals surface area contributed by atoms with Gasteiger partial charge in [-0.15, -0.1) is 0 Å². The van der Waals surface area contributed by atoms with Crippen molar-refractivity contribution in [1.29, 1.82) is 0 Å². The second-order valence-corrected chi connectivity index (χ2v) is 9.63. The zero-order valence-electron chi connectivity index (χ0n) is 17.9. The molecule has 0 unspecified atom stereocenters. The topological polar surface area (TPSA) is 76.8 Å². The number of aryl methyl sites for hydroxylation is 1. The van der Waals surface area contributed by atoms with Crippen molar-refractivity contribution < 1.29 is 13.2 Å². The van der Waals surface area contributed by atoms with Crippen molar-refractivity contribution >= 4 is 21.1 Å². The van der Waals surface area contributed by atoms with Crippen LogP contribution in [-0.2, 0) is 23.2 Å². The number of fused-ring (bicyclic) bond motifs is 1. The van der Waals surface area contributed by atoms with Crippen LogP contribution in [0.5, 0.6) is 5.75 Å². The van der Waals surface area contributed by atoms with Crippen LogP contribution in [0.2, 0.25) is 0 Å². The van der Waals surface area contributed by atoms with Gasteiger partial charge in [0.25, 0.3) is 0 Å². The molecule has 3 aromatic rings. The number of benzene rings is 2. The lowest BCUT2D eigenvalue weighted by Gasteiger charge is -2.34. The Morgan fingerprint density at radius 3 is 2.10 bits per heavy atom. The van der Waals surface area contributed by atoms with E-state index in [1.165, 1.54) is 4.31 Å². The number of hydrogen-bond donors (Lipinski definition) is 0. The Kier molecular flexibility index (Phi) is 6.17. The van der Waals surface area contributed by atoms with Gasteiger partial charge in [0.2, 0.25) is 10.0 Å². The van der Waals surface area contributed by atoms with Gasteiger partial charge in [-0.3, -0.25) is 14.0 Å². The Morgan fingerprint density at radius 2 is 1.52 bits per heavy atom. The van der Waals surface area contributed by atoms with Crippen LogP contribution in [0.3, 0.4) is 0 Å². The van der Waals surface area contributed by atoms with E-state index in [2.05, 4.69) is 11.8 Å². The summed E-state index contributed by atoms with van der Waals surface area (Å²) in [5, 5.41) is 0. The van der Waals surface area contributed by atoms with Gasteiger partial charge in [0, 0.05) is 32.7 Å². The monoisotopic (exact) mass is 444 g/mol. The number of ether oxygens (including phenoxy) is 1. The van der Waals surface area contributed by atoms with E-state index in [1.807, 2.05) is 28.8 Å². The molecule has 8 nitrogen and oxygen atoms in total. The minimum Gasteiger partial charge on any atom is -0.497 e. The molecule has 2 aromatic carbocycles. The highest BCUT2D eigenvalue weighted by atomic mass is 32.2. The lowest BCUT2D eigenvalue weighted by atomic mass is 10.3. The lowest BCUT2D eigenvalue weighted by Crippen LogP contribution is -2.49. The third-order valence-corrected chi connectivity index (χ3v) is 7.66. The summed E-state index contributed by atoms with van der Waals surface area (Å²) in [4.78, 5) is 15.4. The van der Waals surface area contributed by atoms with E-state index in [-0.39, 0.29) is 10.6 Å². The van der Waals surface area contributed by atoms with Crippen molar-refractivity contribution in [3.63, 3.8) is 0 Å². The number of piperazine rings is 1. The van der Waals surface area contributed by atoms with E-state index >= 15 is 0 Å². The molecule has 0 atom stereocenters. The van der Waals surface area contributed by atoms with E-state index in [9.17, 15) is 13.2 Å². The molecule has 0 saturated carbocycles. The first-order valence-corrected chi connectivity index (χ1v) is 11.9. The van der Waals surface area contributed by atoms with E-state index < -0.39 is 10.0 Å². The predicted molar refractivity (Wildman–Crippen MR) is 120 cm³/mol. The third-order valence-electron chi connectivity index (χ3n) is 5.74. The smallest absolute Gasteiger partial charge is 0.330 e. The molecule has 166 valence electrons. The molecular formula is C22H28N4O4S. The molecule has 1 fully saturated rings. The molecule has 9 heteroatoms. The van der Waals surface area contributed by atoms with Crippen LogP contribution in [0.1, 0.15) is 13.3 Å². The molecule has 1 aliphatic rings. The van der Waals surface area contributed by atoms with Crippen molar-refractivity contribution in [1.82, 2.24) is 18.3 Å². The normalized spacial score (nSPS) is 16.1. The molecule has 0 N–H and O–H groups in total. The molecule has 0 amide bonds. The van der Waals surface area contributed by atoms with Gasteiger partial charge >= 0.3 is 5.69 Å². The predicted octanol–water partition coefficient (Wildman–Crippen LogP) is 2.19. The van der Waals surface area contributed by atoms with E-state index in [0.29, 0.717) is 45.1 Å². The highest BCUT2D eigenvalue weighted by Crippen LogP contribution is 2.21. The van der Waals surface area contributed by atoms with Crippen LogP contribution in [0.15, 0.2) is 58.2 Å². The summed E-state index contributed by atoms with van der Waals surface area (Å²) < 4.78 is 36.2. The maximum absolute atomic E-state index is 13.0. The van der Waals surface area contributed by atoms with Gasteiger partial charge in [-0.1, -0.05) is 19.1 Å². The number of sulfonamides is 1. The summed E-state index contributed by atoms with van der Waals surface area (Å²) in [6.07, 6.45) is 0.885. The average molecular weight is 445 g/mol. The van der Waals surface area contributed by atoms with E-state index in [4.69, 9.17) is 4.74 Å². The first kappa shape index (κ1) is 21.6. The maximum atomic E-state index is 13.0. The fourth-order valence-corrected chi connectivity index (χ4v) is 5.48. The number of hydrogen-bond acceptors (Lipinski definition) is 5. The molecule has 1 aliphatic heterocycles. The second-order valence-electron chi connectivity index (χ2n) is 7.69. The van der Waals surface area contributed by atoms with Crippen molar-refractivity contribution in [3.05, 3.63) is 59.0 Å². The number of methoxy groups -OCH3 is 1. The summed E-state index contributed by atoms with van der Waals surface area (Å²) in [5.74, 6) is 0.622. The molecule has 0 spiro atoms. The summed E-state index contributed by atoms with van der Waals surface area (Å²) in [5.41, 5.74) is 1.83. The summed E-state index contributed by atoms with van der Waals surface area (Å²) in [7, 11) is -2.00. The van der Waals surface area contributed by atoms with Gasteiger partial charge < -0.3 is 4.74 Å². The molecule has 2 heterocycles. The zero-order valence-corrected chi connectivity index (χ0v) is 18.7. The molecular weight excluding hydrogens is 416 g/mol. The highest BCUT2D eigenvalue weighted by molar-refractivity contribution is 7.89. The zero-order chi connectivity index (χ0) is 22.0. The minimum atomic E-state index is -3.55. The van der Waals surface area contributed by atoms with Crippen LogP contribution in [0.25, 0.3) is 11.0 Å². The Hall–Kier alpha value is -2.62. The Balaban J connectivity index is 1.48. The summed E-state index contributed by atoms with van der Waals surface area (Å²) in [6.45, 7) is 5.09. The molecule has 1 saturated heterocycles. The lowest BCUT2D eigenvalue weighted by molar-refractivity contribution is 0.152. The number of imidazole rings is 1. The van der Waals surface area contributed by atoms with Crippen LogP contribution in [0, 0.1) is 0 Å². The minimum absolute atomic E-state index is 0.0173. The third kappa shape index (κ3) is 4.13. The van der Waals surface area contributed by atoms with Gasteiger partial charge in [-0.05, 0) is 42.8 Å². The Labute approximate surface area is 182 Å². The number of nitrogens with zero attached hydrogens (tertiary/aromatic N) is 4. The van der Waals surface area contributed by atoms with Crippen LogP contribution < -0.4 is 10.4 Å². The van der Waals surface area contributed by atoms with Gasteiger partial charge in [-0.25, -0.2) is 13.2 Å². The first-order valence-electron chi connectivity index (χ1n) is 10.5. The van der Waals surface area contributed by atoms with Crippen molar-refractivity contribution in [2.75, 3.05) is 33.3 Å². The first-order chi connectivity index (χ1) is 15.0. The van der Waals surface area contributed by atoms with Gasteiger partial charge in [0.1, 0.15) is 5.75 Å². The number of para-hydroxylation sites is 2. The summed E-state index contributed by atoms with van der Waals surface area (Å²) in [6, 6.07) is 14.3. The van der Waals surface area contributed by atoms with Crippen LogP contribution in [-0.4, -0.2) is 60.0 Å². The van der Waals surface area contributed by atoms with Gasteiger partial charge in [0.15, 0.2) is 0 Å². The van der Waals surface area contributed by atoms with E-state index in [0.717, 1.165) is 17.5 Å². The largest absolute Gasteiger partial charge is 0.497 e. The highest BCUT2D eigenvalue weighted by Gasteiger charge is 2.29. The molecule has 0 aliphatic carbocycles. The quantitative estimate of drug-likeness (QED) is 0.558. The number of aromatic nitrogens is 2. The fourth-order valence-electron chi connectivity index (χ4n) is 4.06. The average Bonchev–Trinajstić information content (AvgIpc) is 3.06. The van der Waals surface area contributed by atoms with Crippen LogP contribution >= 0.6 is 0 Å². The number of rotatable bonds is 7. The van der Waals surface area contributed by atoms with Crippen molar-refractivity contribution in [3.8, 4) is 5.75 Å². The Morgan fingerprint density at radius 1 is 0.903 bits per heavy atom. The fraction of sp³-hybridized carbons (Fsp3) is 0.409. The van der Waals surface area contributed by atoms with E-state index in [1.54, 1.807) is 35.9 Å². The molecule has 4 rings (SSSR count). The van der Waals surface area contributed by atoms with Gasteiger partial charge in [0.05, 0.1) is 29.7 Å². The molecule has 0 radical (unpaired) electrons. The standard InChI is InChI=1S/C22H28N4O4S/c1-3-12-25-20-6-4-5-7-21(20)26(22(25)27)17-23-13-15-24(16-14-23)31(28,29)19-10-8-18(30-2)9-11-19/h4-11H,3,12-17H2,1-2H3. The molecule has 1 aromatic heterocycles. The SMILES string of the molecule is CCCn1c(=O)n(CN2CCN(S(=O)(=O)c3ccc(OC)cc3)CC2)c2ccccc21. The maximum Gasteiger partial charge on any atom is 0.330 e.